The largest absolute Gasteiger partial charge is 0.339 e. The lowest BCUT2D eigenvalue weighted by Gasteiger charge is -2.29. The molecule has 90 valence electrons. The highest BCUT2D eigenvalue weighted by Gasteiger charge is 2.33. The van der Waals surface area contributed by atoms with E-state index in [4.69, 9.17) is 5.26 Å². The summed E-state index contributed by atoms with van der Waals surface area (Å²) in [5.74, 6) is 0.281. The number of hydrogen-bond acceptors (Lipinski definition) is 3. The van der Waals surface area contributed by atoms with Gasteiger partial charge in [0.25, 0.3) is 0 Å². The van der Waals surface area contributed by atoms with Crippen molar-refractivity contribution in [3.63, 3.8) is 0 Å². The Hall–Kier alpha value is -1.08. The second-order valence-corrected chi connectivity index (χ2v) is 4.67. The van der Waals surface area contributed by atoms with Crippen molar-refractivity contribution in [3.05, 3.63) is 0 Å². The average molecular weight is 223 g/mol. The fourth-order valence-corrected chi connectivity index (χ4v) is 2.20. The zero-order chi connectivity index (χ0) is 12.1. The van der Waals surface area contributed by atoms with Gasteiger partial charge >= 0.3 is 0 Å². The van der Waals surface area contributed by atoms with Crippen LogP contribution in [0.3, 0.4) is 0 Å². The molecule has 1 aliphatic rings. The fourth-order valence-electron chi connectivity index (χ4n) is 2.20. The third-order valence-electron chi connectivity index (χ3n) is 3.21. The third-order valence-corrected chi connectivity index (χ3v) is 3.21. The quantitative estimate of drug-likeness (QED) is 0.777. The third kappa shape index (κ3) is 2.96. The number of hydrogen-bond donors (Lipinski definition) is 1. The molecule has 0 aromatic rings. The molecule has 1 heterocycles. The van der Waals surface area contributed by atoms with Crippen molar-refractivity contribution < 1.29 is 4.79 Å². The highest BCUT2D eigenvalue weighted by atomic mass is 16.2. The zero-order valence-electron chi connectivity index (χ0n) is 10.4. The molecule has 4 nitrogen and oxygen atoms in total. The molecule has 0 aliphatic carbocycles. The average Bonchev–Trinajstić information content (AvgIpc) is 2.64. The van der Waals surface area contributed by atoms with Crippen LogP contribution >= 0.6 is 0 Å². The number of carbonyl (C=O) groups is 1. The van der Waals surface area contributed by atoms with Crippen molar-refractivity contribution in [1.82, 2.24) is 10.2 Å². The molecular weight excluding hydrogens is 202 g/mol. The minimum absolute atomic E-state index is 0.0843. The number of carbonyl (C=O) groups excluding carboxylic acids is 1. The number of nitriles is 1. The molecule has 4 heteroatoms. The Kier molecular flexibility index (Phi) is 4.75. The maximum Gasteiger partial charge on any atom is 0.227 e. The van der Waals surface area contributed by atoms with E-state index in [1.165, 1.54) is 0 Å². The van der Waals surface area contributed by atoms with Crippen LogP contribution in [0.2, 0.25) is 0 Å². The summed E-state index contributed by atoms with van der Waals surface area (Å²) in [6, 6.07) is 2.53. The molecule has 1 amide bonds. The lowest BCUT2D eigenvalue weighted by atomic mass is 9.99. The molecular formula is C12H21N3O. The van der Waals surface area contributed by atoms with E-state index in [0.717, 1.165) is 13.0 Å². The number of rotatable bonds is 4. The Labute approximate surface area is 97.6 Å². The normalized spacial score (nSPS) is 24.4. The highest BCUT2D eigenvalue weighted by Crippen LogP contribution is 2.19. The summed E-state index contributed by atoms with van der Waals surface area (Å²) in [5.41, 5.74) is 0. The lowest BCUT2D eigenvalue weighted by Crippen LogP contribution is -2.44. The van der Waals surface area contributed by atoms with Gasteiger partial charge in [-0.15, -0.1) is 0 Å². The van der Waals surface area contributed by atoms with E-state index in [-0.39, 0.29) is 23.9 Å². The standard InChI is InChI=1S/C12H21N3O/c1-9(2)15(8-4-6-13)12(16)11-5-7-14-10(11)3/h9-11,14H,4-5,7-8H2,1-3H3. The predicted octanol–water partition coefficient (Wildman–Crippen LogP) is 1.14. The molecule has 2 atom stereocenters. The molecule has 16 heavy (non-hydrogen) atoms. The van der Waals surface area contributed by atoms with Gasteiger partial charge in [-0.05, 0) is 33.7 Å². The molecule has 0 spiro atoms. The van der Waals surface area contributed by atoms with Crippen molar-refractivity contribution in [2.75, 3.05) is 13.1 Å². The summed E-state index contributed by atoms with van der Waals surface area (Å²) in [6.07, 6.45) is 1.33. The smallest absolute Gasteiger partial charge is 0.227 e. The molecule has 1 fully saturated rings. The number of amides is 1. The SMILES string of the molecule is CC1NCCC1C(=O)N(CCC#N)C(C)C. The van der Waals surface area contributed by atoms with Crippen LogP contribution in [-0.4, -0.2) is 36.0 Å². The van der Waals surface area contributed by atoms with Crippen LogP contribution in [0.5, 0.6) is 0 Å². The van der Waals surface area contributed by atoms with Crippen LogP contribution in [0.4, 0.5) is 0 Å². The number of nitrogens with one attached hydrogen (secondary N) is 1. The molecule has 1 saturated heterocycles. The minimum Gasteiger partial charge on any atom is -0.339 e. The Morgan fingerprint density at radius 1 is 1.62 bits per heavy atom. The Bertz CT molecular complexity index is 282. The highest BCUT2D eigenvalue weighted by molar-refractivity contribution is 5.80. The van der Waals surface area contributed by atoms with E-state index in [1.807, 2.05) is 18.7 Å². The van der Waals surface area contributed by atoms with Crippen molar-refractivity contribution >= 4 is 5.91 Å². The Morgan fingerprint density at radius 3 is 2.75 bits per heavy atom. The van der Waals surface area contributed by atoms with Gasteiger partial charge in [-0.25, -0.2) is 0 Å². The van der Waals surface area contributed by atoms with Crippen LogP contribution in [0.25, 0.3) is 0 Å². The molecule has 0 aromatic carbocycles. The molecule has 0 bridgehead atoms. The second-order valence-electron chi connectivity index (χ2n) is 4.67. The molecule has 1 N–H and O–H groups in total. The Morgan fingerprint density at radius 2 is 2.31 bits per heavy atom. The molecule has 0 saturated carbocycles. The van der Waals surface area contributed by atoms with Gasteiger partial charge in [-0.1, -0.05) is 0 Å². The first-order valence-electron chi connectivity index (χ1n) is 5.98. The van der Waals surface area contributed by atoms with Crippen molar-refractivity contribution in [2.45, 2.75) is 45.7 Å². The summed E-state index contributed by atoms with van der Waals surface area (Å²) in [4.78, 5) is 14.1. The maximum atomic E-state index is 12.3. The monoisotopic (exact) mass is 223 g/mol. The van der Waals surface area contributed by atoms with Crippen LogP contribution < -0.4 is 5.32 Å². The number of nitrogens with zero attached hydrogens (tertiary/aromatic N) is 2. The van der Waals surface area contributed by atoms with Gasteiger partial charge in [0.2, 0.25) is 5.91 Å². The Balaban J connectivity index is 2.63. The van der Waals surface area contributed by atoms with Crippen LogP contribution in [-0.2, 0) is 4.79 Å². The molecule has 2 unspecified atom stereocenters. The van der Waals surface area contributed by atoms with Gasteiger partial charge in [0, 0.05) is 18.6 Å². The first-order valence-corrected chi connectivity index (χ1v) is 5.98. The van der Waals surface area contributed by atoms with Gasteiger partial charge in [-0.2, -0.15) is 5.26 Å². The molecule has 0 aromatic heterocycles. The minimum atomic E-state index is 0.0843. The molecule has 0 radical (unpaired) electrons. The summed E-state index contributed by atoms with van der Waals surface area (Å²) < 4.78 is 0. The van der Waals surface area contributed by atoms with E-state index < -0.39 is 0 Å². The van der Waals surface area contributed by atoms with Gasteiger partial charge in [0.15, 0.2) is 0 Å². The van der Waals surface area contributed by atoms with E-state index in [2.05, 4.69) is 18.3 Å². The lowest BCUT2D eigenvalue weighted by molar-refractivity contribution is -0.137. The van der Waals surface area contributed by atoms with E-state index in [0.29, 0.717) is 13.0 Å². The van der Waals surface area contributed by atoms with E-state index >= 15 is 0 Å². The predicted molar refractivity (Wildman–Crippen MR) is 62.7 cm³/mol. The topological polar surface area (TPSA) is 56.1 Å². The van der Waals surface area contributed by atoms with Gasteiger partial charge in [0.1, 0.15) is 0 Å². The van der Waals surface area contributed by atoms with Crippen molar-refractivity contribution in [3.8, 4) is 6.07 Å². The zero-order valence-corrected chi connectivity index (χ0v) is 10.4. The van der Waals surface area contributed by atoms with Gasteiger partial charge < -0.3 is 10.2 Å². The van der Waals surface area contributed by atoms with Gasteiger partial charge in [0.05, 0.1) is 18.4 Å². The molecule has 1 rings (SSSR count). The summed E-state index contributed by atoms with van der Waals surface area (Å²) in [5, 5.41) is 11.9. The molecule has 1 aliphatic heterocycles. The van der Waals surface area contributed by atoms with Crippen LogP contribution in [0, 0.1) is 17.2 Å². The first-order chi connectivity index (χ1) is 7.57. The van der Waals surface area contributed by atoms with E-state index in [9.17, 15) is 4.79 Å². The second kappa shape index (κ2) is 5.86. The van der Waals surface area contributed by atoms with E-state index in [1.54, 1.807) is 0 Å². The summed E-state index contributed by atoms with van der Waals surface area (Å²) >= 11 is 0. The van der Waals surface area contributed by atoms with Crippen molar-refractivity contribution in [2.24, 2.45) is 5.92 Å². The van der Waals surface area contributed by atoms with Crippen LogP contribution in [0.1, 0.15) is 33.6 Å². The van der Waals surface area contributed by atoms with Gasteiger partial charge in [-0.3, -0.25) is 4.79 Å². The maximum absolute atomic E-state index is 12.3. The van der Waals surface area contributed by atoms with Crippen molar-refractivity contribution in [1.29, 1.82) is 5.26 Å². The first kappa shape index (κ1) is 13.0. The summed E-state index contributed by atoms with van der Waals surface area (Å²) in [6.45, 7) is 7.53. The summed E-state index contributed by atoms with van der Waals surface area (Å²) in [7, 11) is 0. The van der Waals surface area contributed by atoms with Crippen LogP contribution in [0.15, 0.2) is 0 Å². The fraction of sp³-hybridized carbons (Fsp3) is 0.833.